The fourth-order valence-corrected chi connectivity index (χ4v) is 4.79. The lowest BCUT2D eigenvalue weighted by Gasteiger charge is -2.12. The van der Waals surface area contributed by atoms with Gasteiger partial charge in [-0.25, -0.2) is 22.0 Å². The molecule has 0 saturated heterocycles. The van der Waals surface area contributed by atoms with Gasteiger partial charge < -0.3 is 9.47 Å². The highest BCUT2D eigenvalue weighted by Gasteiger charge is 2.30. The van der Waals surface area contributed by atoms with Gasteiger partial charge in [0.25, 0.3) is 0 Å². The Morgan fingerprint density at radius 3 is 1.90 bits per heavy atom. The number of methoxy groups -OCH3 is 1. The molecule has 0 N–H and O–H groups in total. The van der Waals surface area contributed by atoms with E-state index >= 15 is 4.39 Å². The van der Waals surface area contributed by atoms with Crippen molar-refractivity contribution in [3.8, 4) is 5.75 Å². The van der Waals surface area contributed by atoms with E-state index in [0.717, 1.165) is 17.7 Å². The van der Waals surface area contributed by atoms with Gasteiger partial charge in [0.1, 0.15) is 17.5 Å². The van der Waals surface area contributed by atoms with E-state index in [1.165, 1.54) is 18.2 Å². The molecule has 4 aromatic carbocycles. The molecule has 4 aromatic rings. The fraction of sp³-hybridized carbons (Fsp3) is 0.312. The van der Waals surface area contributed by atoms with E-state index in [2.05, 4.69) is 4.74 Å². The first kappa shape index (κ1) is 31.3. The van der Waals surface area contributed by atoms with E-state index in [1.54, 1.807) is 31.4 Å². The standard InChI is InChI=1S/C32H28F8O2/c1-41-12-2-3-20-14-26(33)25(27(34)15-20)11-6-19-5-10-24-23(13-19)9-8-22(30(24)37)7-4-21-16-28(35)31(29(36)17-21)42-18-32(38,39)40/h5,8-10,13-17H,2-4,6-7,11-12,18H2,1H3. The van der Waals surface area contributed by atoms with Gasteiger partial charge in [-0.1, -0.05) is 30.3 Å². The second-order valence-electron chi connectivity index (χ2n) is 10.0. The maximum absolute atomic E-state index is 15.3. The molecule has 0 aliphatic carbocycles. The maximum atomic E-state index is 15.3. The van der Waals surface area contributed by atoms with E-state index in [9.17, 15) is 30.7 Å². The van der Waals surface area contributed by atoms with Gasteiger partial charge >= 0.3 is 6.18 Å². The highest BCUT2D eigenvalue weighted by Crippen LogP contribution is 2.28. The van der Waals surface area contributed by atoms with Crippen molar-refractivity contribution in [1.82, 2.24) is 0 Å². The van der Waals surface area contributed by atoms with Gasteiger partial charge in [0.05, 0.1) is 0 Å². The lowest BCUT2D eigenvalue weighted by atomic mass is 9.96. The number of fused-ring (bicyclic) bond motifs is 1. The molecule has 10 heteroatoms. The lowest BCUT2D eigenvalue weighted by molar-refractivity contribution is -0.154. The summed E-state index contributed by atoms with van der Waals surface area (Å²) in [5.41, 5.74) is 1.71. The predicted octanol–water partition coefficient (Wildman–Crippen LogP) is 8.63. The van der Waals surface area contributed by atoms with Gasteiger partial charge in [-0.3, -0.25) is 0 Å². The Labute approximate surface area is 237 Å². The minimum atomic E-state index is -4.75. The Bertz CT molecular complexity index is 1500. The molecule has 0 spiro atoms. The van der Waals surface area contributed by atoms with Gasteiger partial charge in [-0.05, 0) is 90.4 Å². The van der Waals surface area contributed by atoms with Crippen molar-refractivity contribution in [3.63, 3.8) is 0 Å². The summed E-state index contributed by atoms with van der Waals surface area (Å²) in [6.07, 6.45) is -3.05. The number of alkyl halides is 3. The number of ether oxygens (including phenoxy) is 2. The third kappa shape index (κ3) is 8.00. The van der Waals surface area contributed by atoms with Crippen LogP contribution in [0.5, 0.6) is 5.75 Å². The molecular weight excluding hydrogens is 568 g/mol. The highest BCUT2D eigenvalue weighted by atomic mass is 19.4. The molecule has 0 unspecified atom stereocenters. The number of hydrogen-bond donors (Lipinski definition) is 0. The van der Waals surface area contributed by atoms with Crippen LogP contribution in [0.4, 0.5) is 35.1 Å². The van der Waals surface area contributed by atoms with Crippen LogP contribution in [-0.2, 0) is 36.8 Å². The van der Waals surface area contributed by atoms with E-state index in [4.69, 9.17) is 4.74 Å². The second kappa shape index (κ2) is 13.5. The summed E-state index contributed by atoms with van der Waals surface area (Å²) < 4.78 is 119. The normalized spacial score (nSPS) is 11.8. The summed E-state index contributed by atoms with van der Waals surface area (Å²) in [5.74, 6) is -5.42. The molecule has 42 heavy (non-hydrogen) atoms. The van der Waals surface area contributed by atoms with Crippen LogP contribution in [0.3, 0.4) is 0 Å². The first-order valence-corrected chi connectivity index (χ1v) is 13.3. The number of benzene rings is 4. The monoisotopic (exact) mass is 596 g/mol. The van der Waals surface area contributed by atoms with Crippen molar-refractivity contribution >= 4 is 10.8 Å². The van der Waals surface area contributed by atoms with Gasteiger partial charge in [-0.15, -0.1) is 0 Å². The van der Waals surface area contributed by atoms with Gasteiger partial charge in [0, 0.05) is 24.7 Å². The average molecular weight is 597 g/mol. The molecule has 0 fully saturated rings. The zero-order valence-electron chi connectivity index (χ0n) is 22.7. The molecule has 0 radical (unpaired) electrons. The lowest BCUT2D eigenvalue weighted by Crippen LogP contribution is -2.20. The molecule has 0 heterocycles. The van der Waals surface area contributed by atoms with E-state index in [1.807, 2.05) is 0 Å². The molecule has 4 rings (SSSR count). The van der Waals surface area contributed by atoms with Crippen LogP contribution in [0, 0.1) is 29.1 Å². The largest absolute Gasteiger partial charge is 0.478 e. The maximum Gasteiger partial charge on any atom is 0.422 e. The molecule has 2 nitrogen and oxygen atoms in total. The van der Waals surface area contributed by atoms with Crippen molar-refractivity contribution in [2.45, 2.75) is 44.7 Å². The first-order valence-electron chi connectivity index (χ1n) is 13.3. The summed E-state index contributed by atoms with van der Waals surface area (Å²) in [5, 5.41) is 0.883. The Hall–Kier alpha value is -3.66. The quantitative estimate of drug-likeness (QED) is 0.120. The number of hydrogen-bond acceptors (Lipinski definition) is 2. The Balaban J connectivity index is 1.41. The topological polar surface area (TPSA) is 18.5 Å². The number of rotatable bonds is 12. The van der Waals surface area contributed by atoms with Crippen molar-refractivity contribution in [1.29, 1.82) is 0 Å². The minimum Gasteiger partial charge on any atom is -0.478 e. The van der Waals surface area contributed by atoms with Crippen LogP contribution in [0.1, 0.15) is 34.2 Å². The van der Waals surface area contributed by atoms with E-state index in [-0.39, 0.29) is 36.0 Å². The summed E-state index contributed by atoms with van der Waals surface area (Å²) in [7, 11) is 1.56. The first-order chi connectivity index (χ1) is 19.9. The highest BCUT2D eigenvalue weighted by molar-refractivity contribution is 5.84. The van der Waals surface area contributed by atoms with Crippen LogP contribution >= 0.6 is 0 Å². The summed E-state index contributed by atoms with van der Waals surface area (Å²) in [6.45, 7) is -1.34. The zero-order valence-corrected chi connectivity index (χ0v) is 22.7. The number of halogens is 8. The molecular formula is C32H28F8O2. The minimum absolute atomic E-state index is 0.0139. The van der Waals surface area contributed by atoms with Gasteiger partial charge in [0.15, 0.2) is 24.0 Å². The van der Waals surface area contributed by atoms with Crippen LogP contribution < -0.4 is 4.74 Å². The van der Waals surface area contributed by atoms with Crippen molar-refractivity contribution in [2.24, 2.45) is 0 Å². The Morgan fingerprint density at radius 1 is 0.643 bits per heavy atom. The molecule has 0 aliphatic rings. The fourth-order valence-electron chi connectivity index (χ4n) is 4.79. The van der Waals surface area contributed by atoms with Crippen molar-refractivity contribution < 1.29 is 44.6 Å². The third-order valence-electron chi connectivity index (χ3n) is 6.90. The molecule has 0 amide bonds. The van der Waals surface area contributed by atoms with Gasteiger partial charge in [-0.2, -0.15) is 13.2 Å². The Kier molecular flexibility index (Phi) is 10.1. The predicted molar refractivity (Wildman–Crippen MR) is 143 cm³/mol. The van der Waals surface area contributed by atoms with Crippen LogP contribution in [0.15, 0.2) is 54.6 Å². The van der Waals surface area contributed by atoms with Crippen LogP contribution in [0.2, 0.25) is 0 Å². The van der Waals surface area contributed by atoms with E-state index < -0.39 is 47.6 Å². The molecule has 0 aliphatic heterocycles. The molecule has 0 saturated carbocycles. The summed E-state index contributed by atoms with van der Waals surface area (Å²) in [6, 6.07) is 12.6. The molecule has 0 bridgehead atoms. The smallest absolute Gasteiger partial charge is 0.422 e. The van der Waals surface area contributed by atoms with Crippen LogP contribution in [0.25, 0.3) is 10.8 Å². The van der Waals surface area contributed by atoms with Crippen LogP contribution in [-0.4, -0.2) is 26.5 Å². The molecule has 0 atom stereocenters. The zero-order chi connectivity index (χ0) is 30.4. The van der Waals surface area contributed by atoms with Crippen molar-refractivity contribution in [3.05, 3.63) is 112 Å². The molecule has 224 valence electrons. The average Bonchev–Trinajstić information content (AvgIpc) is 2.91. The van der Waals surface area contributed by atoms with Gasteiger partial charge in [0.2, 0.25) is 0 Å². The van der Waals surface area contributed by atoms with E-state index in [0.29, 0.717) is 42.2 Å². The number of aryl methyl sites for hydroxylation is 4. The second-order valence-corrected chi connectivity index (χ2v) is 10.0. The van der Waals surface area contributed by atoms with Crippen molar-refractivity contribution in [2.75, 3.05) is 20.3 Å². The SMILES string of the molecule is COCCCc1cc(F)c(CCc2ccc3c(F)c(CCc4cc(F)c(OCC(F)(F)F)c(F)c4)ccc3c2)c(F)c1. The summed E-state index contributed by atoms with van der Waals surface area (Å²) in [4.78, 5) is 0. The molecule has 0 aromatic heterocycles. The third-order valence-corrected chi connectivity index (χ3v) is 6.90. The Morgan fingerprint density at radius 2 is 1.26 bits per heavy atom. The summed E-state index contributed by atoms with van der Waals surface area (Å²) >= 11 is 0.